The molecule has 0 saturated heterocycles. The van der Waals surface area contributed by atoms with E-state index in [2.05, 4.69) is 52.1 Å². The molecule has 0 bridgehead atoms. The van der Waals surface area contributed by atoms with Gasteiger partial charge in [-0.05, 0) is 70.7 Å². The van der Waals surface area contributed by atoms with Crippen molar-refractivity contribution >= 4 is 34.2 Å². The number of nitrogens with zero attached hydrogens (tertiary/aromatic N) is 2. The van der Waals surface area contributed by atoms with E-state index in [-0.39, 0.29) is 5.91 Å². The number of para-hydroxylation sites is 1. The molecule has 4 rings (SSSR count). The highest BCUT2D eigenvalue weighted by Crippen LogP contribution is 2.67. The molecule has 2 saturated carbocycles. The first kappa shape index (κ1) is 15.2. The predicted molar refractivity (Wildman–Crippen MR) is 98.5 cm³/mol. The van der Waals surface area contributed by atoms with Gasteiger partial charge in [0.1, 0.15) is 3.70 Å². The molecule has 5 heteroatoms. The van der Waals surface area contributed by atoms with Gasteiger partial charge in [-0.1, -0.05) is 25.1 Å². The summed E-state index contributed by atoms with van der Waals surface area (Å²) >= 11 is 2.10. The van der Waals surface area contributed by atoms with Crippen LogP contribution in [-0.2, 0) is 7.05 Å². The van der Waals surface area contributed by atoms with E-state index in [9.17, 15) is 4.79 Å². The summed E-state index contributed by atoms with van der Waals surface area (Å²) < 4.78 is 2.41. The zero-order chi connectivity index (χ0) is 16.2. The number of rotatable bonds is 4. The van der Waals surface area contributed by atoms with Gasteiger partial charge in [0.05, 0.1) is 5.56 Å². The number of anilines is 1. The van der Waals surface area contributed by atoms with Gasteiger partial charge in [-0.2, -0.15) is 5.10 Å². The first-order valence-electron chi connectivity index (χ1n) is 8.07. The lowest BCUT2D eigenvalue weighted by Gasteiger charge is -2.12. The highest BCUT2D eigenvalue weighted by molar-refractivity contribution is 14.1. The summed E-state index contributed by atoms with van der Waals surface area (Å²) in [5, 5.41) is 7.34. The highest BCUT2D eigenvalue weighted by Gasteiger charge is 2.56. The highest BCUT2D eigenvalue weighted by atomic mass is 127. The van der Waals surface area contributed by atoms with Crippen molar-refractivity contribution in [3.05, 3.63) is 45.3 Å². The van der Waals surface area contributed by atoms with Gasteiger partial charge in [-0.3, -0.25) is 9.48 Å². The molecule has 23 heavy (non-hydrogen) atoms. The smallest absolute Gasteiger partial charge is 0.259 e. The second kappa shape index (κ2) is 5.33. The molecule has 1 aromatic carbocycles. The second-order valence-electron chi connectivity index (χ2n) is 7.15. The standard InChI is InChI=1S/C18H20IN3O/c1-18(7-8-18)14-9-12(14)11-5-3-4-6-15(11)20-17(23)13-10-22(2)21-16(13)19/h3-6,10,12,14H,7-9H2,1-2H3,(H,20,23). The number of hydrogen-bond acceptors (Lipinski definition) is 2. The Bertz CT molecular complexity index is 778. The van der Waals surface area contributed by atoms with Crippen molar-refractivity contribution in [2.45, 2.75) is 32.1 Å². The van der Waals surface area contributed by atoms with E-state index in [1.807, 2.05) is 19.2 Å². The van der Waals surface area contributed by atoms with Gasteiger partial charge in [0.2, 0.25) is 0 Å². The van der Waals surface area contributed by atoms with Gasteiger partial charge in [-0.25, -0.2) is 0 Å². The largest absolute Gasteiger partial charge is 0.322 e. The molecule has 0 radical (unpaired) electrons. The fourth-order valence-electron chi connectivity index (χ4n) is 3.61. The molecule has 120 valence electrons. The number of amides is 1. The van der Waals surface area contributed by atoms with Gasteiger partial charge in [-0.15, -0.1) is 0 Å². The van der Waals surface area contributed by atoms with Crippen molar-refractivity contribution < 1.29 is 4.79 Å². The van der Waals surface area contributed by atoms with E-state index in [4.69, 9.17) is 0 Å². The Morgan fingerprint density at radius 3 is 2.78 bits per heavy atom. The molecule has 2 unspecified atom stereocenters. The third-order valence-electron chi connectivity index (χ3n) is 5.36. The topological polar surface area (TPSA) is 46.9 Å². The lowest BCUT2D eigenvalue weighted by molar-refractivity contribution is 0.102. The minimum atomic E-state index is -0.0789. The number of hydrogen-bond donors (Lipinski definition) is 1. The average molecular weight is 421 g/mol. The summed E-state index contributed by atoms with van der Waals surface area (Å²) in [4.78, 5) is 12.6. The van der Waals surface area contributed by atoms with E-state index in [0.717, 1.165) is 15.3 Å². The van der Waals surface area contributed by atoms with Crippen LogP contribution in [0.15, 0.2) is 30.5 Å². The summed E-state index contributed by atoms with van der Waals surface area (Å²) in [5.41, 5.74) is 3.43. The second-order valence-corrected chi connectivity index (χ2v) is 8.17. The van der Waals surface area contributed by atoms with Gasteiger partial charge >= 0.3 is 0 Å². The maximum Gasteiger partial charge on any atom is 0.259 e. The minimum absolute atomic E-state index is 0.0789. The third kappa shape index (κ3) is 2.79. The maximum absolute atomic E-state index is 12.6. The number of aryl methyl sites for hydroxylation is 1. The number of halogens is 1. The van der Waals surface area contributed by atoms with Crippen LogP contribution in [0.4, 0.5) is 5.69 Å². The molecule has 0 spiro atoms. The summed E-state index contributed by atoms with van der Waals surface area (Å²) in [5.74, 6) is 1.32. The van der Waals surface area contributed by atoms with Crippen molar-refractivity contribution in [3.8, 4) is 0 Å². The number of carbonyl (C=O) groups excluding carboxylic acids is 1. The predicted octanol–water partition coefficient (Wildman–Crippen LogP) is 4.18. The van der Waals surface area contributed by atoms with Gasteiger partial charge in [0, 0.05) is 18.9 Å². The van der Waals surface area contributed by atoms with Crippen LogP contribution in [-0.4, -0.2) is 15.7 Å². The molecule has 0 aliphatic heterocycles. The zero-order valence-corrected chi connectivity index (χ0v) is 15.5. The molecule has 1 amide bonds. The van der Waals surface area contributed by atoms with Gasteiger partial charge in [0.25, 0.3) is 5.91 Å². The average Bonchev–Trinajstić information content (AvgIpc) is 3.41. The molecule has 2 fully saturated rings. The Morgan fingerprint density at radius 2 is 2.13 bits per heavy atom. The normalized spacial score (nSPS) is 24.3. The number of nitrogens with one attached hydrogen (secondary N) is 1. The fourth-order valence-corrected chi connectivity index (χ4v) is 4.34. The molecule has 1 aromatic heterocycles. The van der Waals surface area contributed by atoms with Crippen molar-refractivity contribution in [1.82, 2.24) is 9.78 Å². The Balaban J connectivity index is 1.56. The number of benzene rings is 1. The monoisotopic (exact) mass is 421 g/mol. The summed E-state index contributed by atoms with van der Waals surface area (Å²) in [6.45, 7) is 2.40. The Labute approximate surface area is 149 Å². The molecule has 2 aromatic rings. The van der Waals surface area contributed by atoms with E-state index < -0.39 is 0 Å². The molecule has 1 heterocycles. The molecule has 2 aliphatic carbocycles. The van der Waals surface area contributed by atoms with E-state index in [1.165, 1.54) is 24.8 Å². The SMILES string of the molecule is Cn1cc(C(=O)Nc2ccccc2C2CC2C2(C)CC2)c(I)n1. The van der Waals surface area contributed by atoms with Crippen LogP contribution in [0.25, 0.3) is 0 Å². The Morgan fingerprint density at radius 1 is 1.39 bits per heavy atom. The fraction of sp³-hybridized carbons (Fsp3) is 0.444. The Hall–Kier alpha value is -1.37. The maximum atomic E-state index is 12.6. The third-order valence-corrected chi connectivity index (χ3v) is 6.16. The van der Waals surface area contributed by atoms with Crippen molar-refractivity contribution in [2.24, 2.45) is 18.4 Å². The zero-order valence-electron chi connectivity index (χ0n) is 13.3. The molecule has 1 N–H and O–H groups in total. The summed E-state index contributed by atoms with van der Waals surface area (Å²) in [7, 11) is 1.83. The van der Waals surface area contributed by atoms with Crippen LogP contribution in [0.5, 0.6) is 0 Å². The van der Waals surface area contributed by atoms with Crippen LogP contribution in [0.3, 0.4) is 0 Å². The Kier molecular flexibility index (Phi) is 3.51. The van der Waals surface area contributed by atoms with Crippen molar-refractivity contribution in [2.75, 3.05) is 5.32 Å². The lowest BCUT2D eigenvalue weighted by atomic mass is 9.97. The molecule has 2 aliphatic rings. The van der Waals surface area contributed by atoms with Crippen molar-refractivity contribution in [1.29, 1.82) is 0 Å². The molecule has 2 atom stereocenters. The molecule has 4 nitrogen and oxygen atoms in total. The first-order chi connectivity index (χ1) is 11.0. The van der Waals surface area contributed by atoms with Crippen LogP contribution in [0.1, 0.15) is 48.0 Å². The summed E-state index contributed by atoms with van der Waals surface area (Å²) in [6.07, 6.45) is 5.74. The van der Waals surface area contributed by atoms with E-state index in [0.29, 0.717) is 16.9 Å². The van der Waals surface area contributed by atoms with Crippen LogP contribution in [0.2, 0.25) is 0 Å². The van der Waals surface area contributed by atoms with Crippen LogP contribution >= 0.6 is 22.6 Å². The van der Waals surface area contributed by atoms with E-state index in [1.54, 1.807) is 10.9 Å². The van der Waals surface area contributed by atoms with Crippen LogP contribution < -0.4 is 5.32 Å². The van der Waals surface area contributed by atoms with Gasteiger partial charge in [0.15, 0.2) is 0 Å². The van der Waals surface area contributed by atoms with Gasteiger partial charge < -0.3 is 5.32 Å². The molecular formula is C18H20IN3O. The minimum Gasteiger partial charge on any atom is -0.322 e. The quantitative estimate of drug-likeness (QED) is 0.754. The van der Waals surface area contributed by atoms with Crippen molar-refractivity contribution in [3.63, 3.8) is 0 Å². The summed E-state index contributed by atoms with van der Waals surface area (Å²) in [6, 6.07) is 8.24. The van der Waals surface area contributed by atoms with Crippen LogP contribution in [0, 0.1) is 15.0 Å². The van der Waals surface area contributed by atoms with E-state index >= 15 is 0 Å². The first-order valence-corrected chi connectivity index (χ1v) is 9.15. The number of carbonyl (C=O) groups is 1. The molecular weight excluding hydrogens is 401 g/mol. The number of aromatic nitrogens is 2. The lowest BCUT2D eigenvalue weighted by Crippen LogP contribution is -2.14.